The highest BCUT2D eigenvalue weighted by atomic mass is 35.5. The van der Waals surface area contributed by atoms with Crippen molar-refractivity contribution in [1.82, 2.24) is 0 Å². The second-order valence-electron chi connectivity index (χ2n) is 2.70. The highest BCUT2D eigenvalue weighted by Crippen LogP contribution is 2.26. The third-order valence-corrected chi connectivity index (χ3v) is 2.00. The quantitative estimate of drug-likeness (QED) is 0.703. The van der Waals surface area contributed by atoms with E-state index in [1.807, 2.05) is 6.07 Å². The van der Waals surface area contributed by atoms with Gasteiger partial charge in [0.15, 0.2) is 5.78 Å². The number of hydrogen-bond acceptors (Lipinski definition) is 3. The SMILES string of the molecule is COc1cc(Cl)cc(C(C)=O)c1C#N. The van der Waals surface area contributed by atoms with Gasteiger partial charge in [-0.1, -0.05) is 11.6 Å². The molecule has 0 atom stereocenters. The lowest BCUT2D eigenvalue weighted by Crippen LogP contribution is -1.99. The van der Waals surface area contributed by atoms with Crippen molar-refractivity contribution in [3.63, 3.8) is 0 Å². The van der Waals surface area contributed by atoms with Gasteiger partial charge < -0.3 is 4.74 Å². The van der Waals surface area contributed by atoms with E-state index >= 15 is 0 Å². The van der Waals surface area contributed by atoms with Gasteiger partial charge in [-0.25, -0.2) is 0 Å². The van der Waals surface area contributed by atoms with Gasteiger partial charge in [0, 0.05) is 16.7 Å². The van der Waals surface area contributed by atoms with Crippen LogP contribution in [0.25, 0.3) is 0 Å². The fourth-order valence-electron chi connectivity index (χ4n) is 1.14. The molecule has 0 fully saturated rings. The van der Waals surface area contributed by atoms with Gasteiger partial charge in [-0.05, 0) is 13.0 Å². The molecule has 0 saturated heterocycles. The summed E-state index contributed by atoms with van der Waals surface area (Å²) in [6.45, 7) is 1.38. The van der Waals surface area contributed by atoms with Crippen LogP contribution in [0.15, 0.2) is 12.1 Å². The zero-order chi connectivity index (χ0) is 10.7. The van der Waals surface area contributed by atoms with Crippen LogP contribution in [0.5, 0.6) is 5.75 Å². The number of Topliss-reactive ketones (excluding diaryl/α,β-unsaturated/α-hetero) is 1. The van der Waals surface area contributed by atoms with Crippen LogP contribution in [-0.2, 0) is 0 Å². The fraction of sp³-hybridized carbons (Fsp3) is 0.200. The highest BCUT2D eigenvalue weighted by Gasteiger charge is 2.13. The van der Waals surface area contributed by atoms with Gasteiger partial charge in [0.05, 0.1) is 7.11 Å². The Kier molecular flexibility index (Phi) is 3.10. The number of nitriles is 1. The standard InChI is InChI=1S/C10H8ClNO2/c1-6(13)8-3-7(11)4-10(14-2)9(8)5-12/h3-4H,1-2H3. The Bertz CT molecular complexity index is 421. The van der Waals surface area contributed by atoms with Gasteiger partial charge in [-0.2, -0.15) is 5.26 Å². The number of ether oxygens (including phenoxy) is 1. The average molecular weight is 210 g/mol. The Morgan fingerprint density at radius 1 is 1.57 bits per heavy atom. The summed E-state index contributed by atoms with van der Waals surface area (Å²) in [5.74, 6) is 0.118. The first-order valence-electron chi connectivity index (χ1n) is 3.88. The van der Waals surface area contributed by atoms with Crippen LogP contribution in [0.2, 0.25) is 5.02 Å². The van der Waals surface area contributed by atoms with E-state index in [1.165, 1.54) is 26.2 Å². The minimum Gasteiger partial charge on any atom is -0.495 e. The summed E-state index contributed by atoms with van der Waals surface area (Å²) >= 11 is 5.76. The molecule has 0 aliphatic heterocycles. The van der Waals surface area contributed by atoms with E-state index in [4.69, 9.17) is 21.6 Å². The van der Waals surface area contributed by atoms with Crippen LogP contribution < -0.4 is 4.74 Å². The second kappa shape index (κ2) is 4.12. The third-order valence-electron chi connectivity index (χ3n) is 1.78. The van der Waals surface area contributed by atoms with E-state index in [0.717, 1.165) is 0 Å². The molecular weight excluding hydrogens is 202 g/mol. The molecule has 0 saturated carbocycles. The topological polar surface area (TPSA) is 50.1 Å². The lowest BCUT2D eigenvalue weighted by molar-refractivity contribution is 0.101. The number of nitrogens with zero attached hydrogens (tertiary/aromatic N) is 1. The molecule has 1 rings (SSSR count). The van der Waals surface area contributed by atoms with Crippen molar-refractivity contribution in [2.45, 2.75) is 6.92 Å². The van der Waals surface area contributed by atoms with Gasteiger partial charge in [0.1, 0.15) is 17.4 Å². The highest BCUT2D eigenvalue weighted by molar-refractivity contribution is 6.31. The van der Waals surface area contributed by atoms with E-state index in [9.17, 15) is 4.79 Å². The summed E-state index contributed by atoms with van der Waals surface area (Å²) < 4.78 is 4.95. The van der Waals surface area contributed by atoms with Crippen molar-refractivity contribution in [2.24, 2.45) is 0 Å². The molecule has 0 spiro atoms. The molecule has 0 aromatic heterocycles. The van der Waals surface area contributed by atoms with Crippen LogP contribution in [-0.4, -0.2) is 12.9 Å². The zero-order valence-corrected chi connectivity index (χ0v) is 8.55. The molecule has 72 valence electrons. The Labute approximate surface area is 86.9 Å². The van der Waals surface area contributed by atoms with Crippen molar-refractivity contribution in [3.05, 3.63) is 28.3 Å². The molecule has 0 aliphatic rings. The summed E-state index contributed by atoms with van der Waals surface area (Å²) in [5, 5.41) is 9.23. The maximum Gasteiger partial charge on any atom is 0.161 e. The van der Waals surface area contributed by atoms with Crippen LogP contribution in [0, 0.1) is 11.3 Å². The number of halogens is 1. The Hall–Kier alpha value is -1.53. The monoisotopic (exact) mass is 209 g/mol. The molecule has 0 radical (unpaired) electrons. The minimum absolute atomic E-state index is 0.206. The third kappa shape index (κ3) is 1.86. The Morgan fingerprint density at radius 2 is 2.21 bits per heavy atom. The number of benzene rings is 1. The summed E-state index contributed by atoms with van der Waals surface area (Å²) in [7, 11) is 1.43. The molecule has 0 N–H and O–H groups in total. The molecule has 0 heterocycles. The van der Waals surface area contributed by atoms with Crippen LogP contribution in [0.1, 0.15) is 22.8 Å². The minimum atomic E-state index is -0.206. The second-order valence-corrected chi connectivity index (χ2v) is 3.14. The summed E-state index contributed by atoms with van der Waals surface area (Å²) in [6, 6.07) is 4.89. The molecule has 1 aromatic rings. The van der Waals surface area contributed by atoms with E-state index in [-0.39, 0.29) is 16.9 Å². The van der Waals surface area contributed by atoms with Crippen molar-refractivity contribution in [2.75, 3.05) is 7.11 Å². The molecule has 14 heavy (non-hydrogen) atoms. The first-order valence-corrected chi connectivity index (χ1v) is 4.26. The first kappa shape index (κ1) is 10.6. The predicted octanol–water partition coefficient (Wildman–Crippen LogP) is 2.42. The van der Waals surface area contributed by atoms with Gasteiger partial charge in [0.25, 0.3) is 0 Å². The van der Waals surface area contributed by atoms with Crippen molar-refractivity contribution in [1.29, 1.82) is 5.26 Å². The molecule has 0 amide bonds. The number of carbonyl (C=O) groups is 1. The van der Waals surface area contributed by atoms with E-state index in [1.54, 1.807) is 0 Å². The number of rotatable bonds is 2. The van der Waals surface area contributed by atoms with Gasteiger partial charge in [0.2, 0.25) is 0 Å². The fourth-order valence-corrected chi connectivity index (χ4v) is 1.34. The Morgan fingerprint density at radius 3 is 2.64 bits per heavy atom. The van der Waals surface area contributed by atoms with Crippen LogP contribution in [0.4, 0.5) is 0 Å². The van der Waals surface area contributed by atoms with Crippen LogP contribution in [0.3, 0.4) is 0 Å². The largest absolute Gasteiger partial charge is 0.495 e. The molecule has 0 aliphatic carbocycles. The summed E-state index contributed by atoms with van der Waals surface area (Å²) in [5.41, 5.74) is 0.515. The van der Waals surface area contributed by atoms with E-state index < -0.39 is 0 Å². The maximum absolute atomic E-state index is 11.2. The molecule has 0 bridgehead atoms. The lowest BCUT2D eigenvalue weighted by Gasteiger charge is -2.06. The van der Waals surface area contributed by atoms with E-state index in [2.05, 4.69) is 0 Å². The molecule has 3 nitrogen and oxygen atoms in total. The predicted molar refractivity (Wildman–Crippen MR) is 52.7 cm³/mol. The number of carbonyl (C=O) groups excluding carboxylic acids is 1. The zero-order valence-electron chi connectivity index (χ0n) is 7.80. The molecular formula is C10H8ClNO2. The summed E-state index contributed by atoms with van der Waals surface area (Å²) in [6.07, 6.45) is 0. The Balaban J connectivity index is 3.49. The molecule has 4 heteroatoms. The van der Waals surface area contributed by atoms with Crippen molar-refractivity contribution in [3.8, 4) is 11.8 Å². The normalized spacial score (nSPS) is 9.29. The van der Waals surface area contributed by atoms with E-state index in [0.29, 0.717) is 10.8 Å². The number of hydrogen-bond donors (Lipinski definition) is 0. The number of methoxy groups -OCH3 is 1. The van der Waals surface area contributed by atoms with Gasteiger partial charge >= 0.3 is 0 Å². The lowest BCUT2D eigenvalue weighted by atomic mass is 10.0. The summed E-state index contributed by atoms with van der Waals surface area (Å²) in [4.78, 5) is 11.2. The smallest absolute Gasteiger partial charge is 0.161 e. The van der Waals surface area contributed by atoms with Crippen LogP contribution >= 0.6 is 11.6 Å². The molecule has 0 unspecified atom stereocenters. The maximum atomic E-state index is 11.2. The van der Waals surface area contributed by atoms with Gasteiger partial charge in [-0.15, -0.1) is 0 Å². The number of ketones is 1. The first-order chi connectivity index (χ1) is 6.60. The average Bonchev–Trinajstić information content (AvgIpc) is 2.16. The van der Waals surface area contributed by atoms with Crippen molar-refractivity contribution >= 4 is 17.4 Å². The van der Waals surface area contributed by atoms with Crippen molar-refractivity contribution < 1.29 is 9.53 Å². The van der Waals surface area contributed by atoms with Gasteiger partial charge in [-0.3, -0.25) is 4.79 Å². The molecule has 1 aromatic carbocycles.